The van der Waals surface area contributed by atoms with E-state index in [0.29, 0.717) is 4.57 Å². The zero-order valence-corrected chi connectivity index (χ0v) is 10.2. The van der Waals surface area contributed by atoms with Crippen LogP contribution in [0.15, 0.2) is 9.59 Å². The number of anilines is 1. The highest BCUT2D eigenvalue weighted by Crippen LogP contribution is 2.04. The molecule has 1 aromatic rings. The first-order valence-corrected chi connectivity index (χ1v) is 5.09. The second-order valence-electron chi connectivity index (χ2n) is 3.52. The number of esters is 1. The number of rotatable bonds is 3. The highest BCUT2D eigenvalue weighted by molar-refractivity contribution is 6.41. The SMILES string of the molecule is CCOC(=O)C(=O)c1c(N)n(C)c(=O)n(C)c1=O. The Bertz CT molecular complexity index is 626. The van der Waals surface area contributed by atoms with Gasteiger partial charge in [0.2, 0.25) is 0 Å². The van der Waals surface area contributed by atoms with Crippen molar-refractivity contribution in [1.29, 1.82) is 0 Å². The molecule has 8 heteroatoms. The van der Waals surface area contributed by atoms with Crippen molar-refractivity contribution in [2.45, 2.75) is 6.92 Å². The molecular weight excluding hydrogens is 242 g/mol. The highest BCUT2D eigenvalue weighted by Gasteiger charge is 2.26. The zero-order valence-electron chi connectivity index (χ0n) is 10.2. The number of ether oxygens (including phenoxy) is 1. The fourth-order valence-electron chi connectivity index (χ4n) is 1.37. The molecule has 0 atom stereocenters. The summed E-state index contributed by atoms with van der Waals surface area (Å²) in [4.78, 5) is 46.3. The predicted molar refractivity (Wildman–Crippen MR) is 62.3 cm³/mol. The second kappa shape index (κ2) is 4.86. The summed E-state index contributed by atoms with van der Waals surface area (Å²) in [5.41, 5.74) is 3.35. The van der Waals surface area contributed by atoms with Crippen LogP contribution < -0.4 is 17.0 Å². The molecule has 1 heterocycles. The smallest absolute Gasteiger partial charge is 0.380 e. The first-order valence-electron chi connectivity index (χ1n) is 5.09. The van der Waals surface area contributed by atoms with Crippen molar-refractivity contribution in [3.8, 4) is 0 Å². The first kappa shape index (κ1) is 13.7. The third-order valence-electron chi connectivity index (χ3n) is 2.40. The van der Waals surface area contributed by atoms with Gasteiger partial charge in [-0.2, -0.15) is 0 Å². The molecule has 2 N–H and O–H groups in total. The minimum Gasteiger partial charge on any atom is -0.460 e. The first-order chi connectivity index (χ1) is 8.32. The molecule has 0 spiro atoms. The number of hydrogen-bond donors (Lipinski definition) is 1. The number of nitrogen functional groups attached to an aromatic ring is 1. The van der Waals surface area contributed by atoms with Gasteiger partial charge >= 0.3 is 11.7 Å². The van der Waals surface area contributed by atoms with Crippen LogP contribution in [0.2, 0.25) is 0 Å². The van der Waals surface area contributed by atoms with Crippen LogP contribution in [0.3, 0.4) is 0 Å². The molecular formula is C10H13N3O5. The molecule has 0 amide bonds. The number of carbonyl (C=O) groups excluding carboxylic acids is 2. The predicted octanol–water partition coefficient (Wildman–Crippen LogP) is -1.59. The lowest BCUT2D eigenvalue weighted by atomic mass is 10.2. The van der Waals surface area contributed by atoms with Crippen LogP contribution in [0.1, 0.15) is 17.3 Å². The van der Waals surface area contributed by atoms with Crippen LogP contribution in [-0.2, 0) is 23.6 Å². The van der Waals surface area contributed by atoms with Gasteiger partial charge in [0.25, 0.3) is 11.3 Å². The summed E-state index contributed by atoms with van der Waals surface area (Å²) < 4.78 is 6.11. The fourth-order valence-corrected chi connectivity index (χ4v) is 1.37. The monoisotopic (exact) mass is 255 g/mol. The average molecular weight is 255 g/mol. The molecule has 0 fully saturated rings. The third-order valence-corrected chi connectivity index (χ3v) is 2.40. The van der Waals surface area contributed by atoms with Crippen molar-refractivity contribution in [2.75, 3.05) is 12.3 Å². The summed E-state index contributed by atoms with van der Waals surface area (Å²) in [7, 11) is 2.48. The molecule has 1 aromatic heterocycles. The Morgan fingerprint density at radius 3 is 2.28 bits per heavy atom. The maximum atomic E-state index is 11.8. The van der Waals surface area contributed by atoms with Gasteiger partial charge in [0.15, 0.2) is 0 Å². The van der Waals surface area contributed by atoms with Crippen molar-refractivity contribution < 1.29 is 14.3 Å². The summed E-state index contributed by atoms with van der Waals surface area (Å²) >= 11 is 0. The van der Waals surface area contributed by atoms with Gasteiger partial charge < -0.3 is 10.5 Å². The third kappa shape index (κ3) is 2.04. The lowest BCUT2D eigenvalue weighted by Gasteiger charge is -2.09. The van der Waals surface area contributed by atoms with Gasteiger partial charge in [-0.25, -0.2) is 9.59 Å². The summed E-state index contributed by atoms with van der Waals surface area (Å²) in [6, 6.07) is 0. The fraction of sp³-hybridized carbons (Fsp3) is 0.400. The molecule has 8 nitrogen and oxygen atoms in total. The van der Waals surface area contributed by atoms with Gasteiger partial charge in [0.05, 0.1) is 6.61 Å². The van der Waals surface area contributed by atoms with E-state index in [0.717, 1.165) is 4.57 Å². The van der Waals surface area contributed by atoms with E-state index >= 15 is 0 Å². The number of Topliss-reactive ketones (excluding diaryl/α,β-unsaturated/α-hetero) is 1. The quantitative estimate of drug-likeness (QED) is 0.396. The van der Waals surface area contributed by atoms with Crippen LogP contribution in [0, 0.1) is 0 Å². The number of nitrogens with zero attached hydrogens (tertiary/aromatic N) is 2. The van der Waals surface area contributed by atoms with Crippen molar-refractivity contribution >= 4 is 17.6 Å². The number of hydrogen-bond acceptors (Lipinski definition) is 6. The molecule has 0 bridgehead atoms. The van der Waals surface area contributed by atoms with Crippen molar-refractivity contribution in [2.24, 2.45) is 14.1 Å². The van der Waals surface area contributed by atoms with Crippen molar-refractivity contribution in [3.63, 3.8) is 0 Å². The largest absolute Gasteiger partial charge is 0.460 e. The average Bonchev–Trinajstić information content (AvgIpc) is 2.34. The molecule has 98 valence electrons. The number of aromatic nitrogens is 2. The van der Waals surface area contributed by atoms with E-state index in [1.54, 1.807) is 0 Å². The maximum absolute atomic E-state index is 11.8. The molecule has 0 aliphatic heterocycles. The van der Waals surface area contributed by atoms with E-state index < -0.39 is 28.6 Å². The topological polar surface area (TPSA) is 113 Å². The number of carbonyl (C=O) groups is 2. The van der Waals surface area contributed by atoms with E-state index in [1.807, 2.05) is 0 Å². The van der Waals surface area contributed by atoms with Gasteiger partial charge in [0, 0.05) is 14.1 Å². The lowest BCUT2D eigenvalue weighted by Crippen LogP contribution is -2.42. The van der Waals surface area contributed by atoms with Gasteiger partial charge in [0.1, 0.15) is 11.4 Å². The molecule has 0 aromatic carbocycles. The molecule has 0 radical (unpaired) electrons. The van der Waals surface area contributed by atoms with E-state index in [-0.39, 0.29) is 12.4 Å². The summed E-state index contributed by atoms with van der Waals surface area (Å²) in [5.74, 6) is -2.70. The van der Waals surface area contributed by atoms with Gasteiger partial charge in [-0.05, 0) is 6.92 Å². The zero-order chi connectivity index (χ0) is 14.0. The van der Waals surface area contributed by atoms with Crippen molar-refractivity contribution in [3.05, 3.63) is 26.4 Å². The molecule has 0 saturated heterocycles. The van der Waals surface area contributed by atoms with E-state index in [9.17, 15) is 19.2 Å². The molecule has 0 saturated carbocycles. The van der Waals surface area contributed by atoms with E-state index in [1.165, 1.54) is 21.0 Å². The van der Waals surface area contributed by atoms with Crippen LogP contribution in [0.4, 0.5) is 5.82 Å². The van der Waals surface area contributed by atoms with E-state index in [4.69, 9.17) is 5.73 Å². The second-order valence-corrected chi connectivity index (χ2v) is 3.52. The Kier molecular flexibility index (Phi) is 3.70. The minimum atomic E-state index is -1.18. The maximum Gasteiger partial charge on any atom is 0.380 e. The molecule has 0 unspecified atom stereocenters. The molecule has 0 aliphatic carbocycles. The number of ketones is 1. The Morgan fingerprint density at radius 2 is 1.78 bits per heavy atom. The van der Waals surface area contributed by atoms with Crippen LogP contribution >= 0.6 is 0 Å². The molecule has 0 aliphatic rings. The normalized spacial score (nSPS) is 10.2. The van der Waals surface area contributed by atoms with Gasteiger partial charge in [-0.3, -0.25) is 18.7 Å². The van der Waals surface area contributed by atoms with Crippen LogP contribution in [0.25, 0.3) is 0 Å². The van der Waals surface area contributed by atoms with Crippen LogP contribution in [-0.4, -0.2) is 27.5 Å². The lowest BCUT2D eigenvalue weighted by molar-refractivity contribution is -0.137. The van der Waals surface area contributed by atoms with Gasteiger partial charge in [-0.15, -0.1) is 0 Å². The highest BCUT2D eigenvalue weighted by atomic mass is 16.5. The summed E-state index contributed by atoms with van der Waals surface area (Å²) in [5, 5.41) is 0. The van der Waals surface area contributed by atoms with Crippen LogP contribution in [0.5, 0.6) is 0 Å². The minimum absolute atomic E-state index is 0.00341. The Morgan fingerprint density at radius 1 is 1.22 bits per heavy atom. The standard InChI is InChI=1S/C10H13N3O5/c1-4-18-9(16)6(14)5-7(11)12(2)10(17)13(3)8(5)15/h4,11H2,1-3H3. The summed E-state index contributed by atoms with van der Waals surface area (Å²) in [6.45, 7) is 1.52. The Hall–Kier alpha value is -2.38. The Labute approximate surface area is 102 Å². The Balaban J connectivity index is 3.53. The van der Waals surface area contributed by atoms with Gasteiger partial charge in [-0.1, -0.05) is 0 Å². The summed E-state index contributed by atoms with van der Waals surface area (Å²) in [6.07, 6.45) is 0. The van der Waals surface area contributed by atoms with E-state index in [2.05, 4.69) is 4.74 Å². The van der Waals surface area contributed by atoms with Crippen molar-refractivity contribution in [1.82, 2.24) is 9.13 Å². The molecule has 1 rings (SSSR count). The number of nitrogens with two attached hydrogens (primary N) is 1. The molecule has 18 heavy (non-hydrogen) atoms.